The molecule has 0 N–H and O–H groups in total. The Morgan fingerprint density at radius 3 is 2.07 bits per heavy atom. The van der Waals surface area contributed by atoms with Crippen LogP contribution < -0.4 is 0 Å². The fourth-order valence-electron chi connectivity index (χ4n) is 6.40. The maximum absolute atomic E-state index is 6.36. The monoisotopic (exact) mass is 536 g/mol. The average Bonchev–Trinajstić information content (AvgIpc) is 3.68. The van der Waals surface area contributed by atoms with Gasteiger partial charge in [0.2, 0.25) is 0 Å². The second-order valence-corrected chi connectivity index (χ2v) is 10.8. The van der Waals surface area contributed by atoms with E-state index in [2.05, 4.69) is 132 Å². The highest BCUT2D eigenvalue weighted by molar-refractivity contribution is 6.13. The van der Waals surface area contributed by atoms with Gasteiger partial charge in [-0.2, -0.15) is 0 Å². The van der Waals surface area contributed by atoms with Gasteiger partial charge in [0.1, 0.15) is 16.8 Å². The molecule has 196 valence electrons. The molecule has 0 saturated heterocycles. The van der Waals surface area contributed by atoms with E-state index in [0.717, 1.165) is 60.9 Å². The lowest BCUT2D eigenvalue weighted by Crippen LogP contribution is -1.91. The molecule has 0 bridgehead atoms. The van der Waals surface area contributed by atoms with Gasteiger partial charge in [0.05, 0.1) is 11.2 Å². The third kappa shape index (κ3) is 3.44. The molecule has 42 heavy (non-hydrogen) atoms. The third-order valence-electron chi connectivity index (χ3n) is 8.40. The van der Waals surface area contributed by atoms with Gasteiger partial charge in [-0.05, 0) is 46.3 Å². The van der Waals surface area contributed by atoms with Crippen molar-refractivity contribution in [3.05, 3.63) is 146 Å². The zero-order chi connectivity index (χ0) is 27.6. The van der Waals surface area contributed by atoms with Crippen molar-refractivity contribution in [2.45, 2.75) is 0 Å². The van der Waals surface area contributed by atoms with Crippen molar-refractivity contribution >= 4 is 49.3 Å². The SMILES string of the molecule is c1ccc(-c2cn3c4ccc(-c5cccc(-c6cccc7c6oc6ccccc67)c5)cc4c4ccccc4c3n2)cc1. The molecule has 3 nitrogen and oxygen atoms in total. The molecule has 6 aromatic carbocycles. The van der Waals surface area contributed by atoms with Gasteiger partial charge in [0.25, 0.3) is 0 Å². The maximum atomic E-state index is 6.36. The van der Waals surface area contributed by atoms with E-state index in [-0.39, 0.29) is 0 Å². The highest BCUT2D eigenvalue weighted by atomic mass is 16.3. The van der Waals surface area contributed by atoms with E-state index in [1.807, 2.05) is 18.2 Å². The Balaban J connectivity index is 1.23. The van der Waals surface area contributed by atoms with Crippen LogP contribution in [-0.4, -0.2) is 9.38 Å². The first-order chi connectivity index (χ1) is 20.8. The average molecular weight is 537 g/mol. The van der Waals surface area contributed by atoms with Gasteiger partial charge in [0.15, 0.2) is 0 Å². The van der Waals surface area contributed by atoms with Crippen LogP contribution >= 0.6 is 0 Å². The van der Waals surface area contributed by atoms with E-state index in [0.29, 0.717) is 0 Å². The summed E-state index contributed by atoms with van der Waals surface area (Å²) >= 11 is 0. The quantitative estimate of drug-likeness (QED) is 0.210. The molecule has 0 spiro atoms. The molecule has 0 aliphatic heterocycles. The Morgan fingerprint density at radius 1 is 0.476 bits per heavy atom. The second-order valence-electron chi connectivity index (χ2n) is 10.8. The summed E-state index contributed by atoms with van der Waals surface area (Å²) in [6.45, 7) is 0. The minimum Gasteiger partial charge on any atom is -0.455 e. The van der Waals surface area contributed by atoms with Crippen LogP contribution in [0.4, 0.5) is 0 Å². The van der Waals surface area contributed by atoms with Crippen LogP contribution in [0, 0.1) is 0 Å². The summed E-state index contributed by atoms with van der Waals surface area (Å²) in [6, 6.07) is 49.2. The van der Waals surface area contributed by atoms with Crippen LogP contribution in [0.1, 0.15) is 0 Å². The molecule has 0 fully saturated rings. The molecule has 3 heteroatoms. The summed E-state index contributed by atoms with van der Waals surface area (Å²) in [4.78, 5) is 5.08. The molecule has 0 aliphatic carbocycles. The number of hydrogen-bond donors (Lipinski definition) is 0. The second kappa shape index (κ2) is 8.92. The van der Waals surface area contributed by atoms with E-state index in [9.17, 15) is 0 Å². The highest BCUT2D eigenvalue weighted by Gasteiger charge is 2.15. The third-order valence-corrected chi connectivity index (χ3v) is 8.40. The molecule has 0 radical (unpaired) electrons. The number of hydrogen-bond acceptors (Lipinski definition) is 2. The molecule has 3 heterocycles. The number of nitrogens with zero attached hydrogens (tertiary/aromatic N) is 2. The number of benzene rings is 6. The molecule has 9 aromatic rings. The largest absolute Gasteiger partial charge is 0.455 e. The fourth-order valence-corrected chi connectivity index (χ4v) is 6.40. The molecule has 0 saturated carbocycles. The topological polar surface area (TPSA) is 30.4 Å². The van der Waals surface area contributed by atoms with Crippen LogP contribution in [0.3, 0.4) is 0 Å². The molecule has 0 atom stereocenters. The van der Waals surface area contributed by atoms with Gasteiger partial charge in [-0.1, -0.05) is 115 Å². The number of rotatable bonds is 3. The van der Waals surface area contributed by atoms with Crippen molar-refractivity contribution in [2.75, 3.05) is 0 Å². The Bertz CT molecular complexity index is 2470. The van der Waals surface area contributed by atoms with E-state index >= 15 is 0 Å². The summed E-state index contributed by atoms with van der Waals surface area (Å²) in [5.41, 5.74) is 10.6. The van der Waals surface area contributed by atoms with Gasteiger partial charge < -0.3 is 4.42 Å². The number of pyridine rings is 1. The predicted molar refractivity (Wildman–Crippen MR) is 174 cm³/mol. The number of para-hydroxylation sites is 2. The van der Waals surface area contributed by atoms with E-state index in [1.165, 1.54) is 21.9 Å². The number of furan rings is 1. The fraction of sp³-hybridized carbons (Fsp3) is 0. The maximum Gasteiger partial charge on any atom is 0.145 e. The van der Waals surface area contributed by atoms with Crippen molar-refractivity contribution in [1.29, 1.82) is 0 Å². The molecule has 0 aliphatic rings. The van der Waals surface area contributed by atoms with Crippen LogP contribution in [0.2, 0.25) is 0 Å². The number of aromatic nitrogens is 2. The minimum atomic E-state index is 0.916. The van der Waals surface area contributed by atoms with Crippen LogP contribution in [0.15, 0.2) is 150 Å². The summed E-state index contributed by atoms with van der Waals surface area (Å²) in [5.74, 6) is 0. The molecule has 0 amide bonds. The van der Waals surface area contributed by atoms with Crippen molar-refractivity contribution < 1.29 is 4.42 Å². The van der Waals surface area contributed by atoms with Gasteiger partial charge in [-0.25, -0.2) is 4.98 Å². The molecule has 3 aromatic heterocycles. The lowest BCUT2D eigenvalue weighted by Gasteiger charge is -2.11. The first kappa shape index (κ1) is 23.1. The number of imidazole rings is 1. The van der Waals surface area contributed by atoms with Crippen molar-refractivity contribution in [2.24, 2.45) is 0 Å². The Hall–Kier alpha value is -5.67. The minimum absolute atomic E-state index is 0.916. The van der Waals surface area contributed by atoms with Crippen molar-refractivity contribution in [3.8, 4) is 33.5 Å². The van der Waals surface area contributed by atoms with Crippen LogP contribution in [-0.2, 0) is 0 Å². The van der Waals surface area contributed by atoms with Gasteiger partial charge in [-0.3, -0.25) is 4.40 Å². The van der Waals surface area contributed by atoms with Gasteiger partial charge >= 0.3 is 0 Å². The van der Waals surface area contributed by atoms with E-state index in [4.69, 9.17) is 9.40 Å². The lowest BCUT2D eigenvalue weighted by atomic mass is 9.96. The number of fused-ring (bicyclic) bond motifs is 9. The zero-order valence-electron chi connectivity index (χ0n) is 22.7. The zero-order valence-corrected chi connectivity index (χ0v) is 22.7. The first-order valence-corrected chi connectivity index (χ1v) is 14.2. The lowest BCUT2D eigenvalue weighted by molar-refractivity contribution is 0.670. The van der Waals surface area contributed by atoms with E-state index < -0.39 is 0 Å². The smallest absolute Gasteiger partial charge is 0.145 e. The standard InChI is InChI=1S/C39H24N2O/c1-2-10-25(11-3-1)35-24-41-36-21-20-27(23-34(36)30-14-4-5-16-33(30)39(41)40-35)26-12-8-13-28(22-26)29-17-9-18-32-31-15-6-7-19-37(31)42-38(29)32/h1-24H. The van der Waals surface area contributed by atoms with Crippen LogP contribution in [0.5, 0.6) is 0 Å². The highest BCUT2D eigenvalue weighted by Crippen LogP contribution is 2.38. The normalized spacial score (nSPS) is 11.8. The first-order valence-electron chi connectivity index (χ1n) is 14.2. The van der Waals surface area contributed by atoms with Gasteiger partial charge in [0, 0.05) is 38.9 Å². The Labute approximate surface area is 241 Å². The van der Waals surface area contributed by atoms with Crippen molar-refractivity contribution in [3.63, 3.8) is 0 Å². The van der Waals surface area contributed by atoms with Crippen molar-refractivity contribution in [1.82, 2.24) is 9.38 Å². The Kier molecular flexibility index (Phi) is 4.90. The molecule has 0 unspecified atom stereocenters. The summed E-state index contributed by atoms with van der Waals surface area (Å²) in [5, 5.41) is 5.85. The summed E-state index contributed by atoms with van der Waals surface area (Å²) in [6.07, 6.45) is 2.16. The van der Waals surface area contributed by atoms with Gasteiger partial charge in [-0.15, -0.1) is 0 Å². The molecular weight excluding hydrogens is 512 g/mol. The summed E-state index contributed by atoms with van der Waals surface area (Å²) < 4.78 is 8.59. The molecule has 9 rings (SSSR count). The van der Waals surface area contributed by atoms with E-state index in [1.54, 1.807) is 0 Å². The Morgan fingerprint density at radius 2 is 1.17 bits per heavy atom. The summed E-state index contributed by atoms with van der Waals surface area (Å²) in [7, 11) is 0. The van der Waals surface area contributed by atoms with Crippen LogP contribution in [0.25, 0.3) is 82.8 Å². The molecular formula is C39H24N2O. The predicted octanol–water partition coefficient (Wildman–Crippen LogP) is 10.5.